The van der Waals surface area contributed by atoms with E-state index in [9.17, 15) is 0 Å². The molecule has 0 rings (SSSR count). The lowest BCUT2D eigenvalue weighted by Crippen LogP contribution is -3.00. The summed E-state index contributed by atoms with van der Waals surface area (Å²) >= 11 is 0. The van der Waals surface area contributed by atoms with Gasteiger partial charge in [-0.2, -0.15) is 0 Å². The third kappa shape index (κ3) is 31.3. The Morgan fingerprint density at radius 1 is 0.439 bits per heavy atom. The van der Waals surface area contributed by atoms with Crippen molar-refractivity contribution in [2.75, 3.05) is 75.4 Å². The molecule has 0 aromatic carbocycles. The van der Waals surface area contributed by atoms with Crippen LogP contribution in [0.5, 0.6) is 0 Å². The maximum atomic E-state index is 8.55. The van der Waals surface area contributed by atoms with Crippen molar-refractivity contribution in [2.24, 2.45) is 0 Å². The summed E-state index contributed by atoms with van der Waals surface area (Å²) < 4.78 is 34.1. The summed E-state index contributed by atoms with van der Waals surface area (Å²) in [5, 5.41) is 68.4. The molecule has 0 aromatic heterocycles. The third-order valence-corrected chi connectivity index (χ3v) is 16.2. The van der Waals surface area contributed by atoms with Crippen LogP contribution in [0.1, 0.15) is 79.1 Å². The molecule has 0 aliphatic carbocycles. The number of halogens is 1. The molecule has 0 saturated heterocycles. The average molecular weight is 793 g/mol. The molecule has 0 unspecified atom stereocenters. The molecule has 256 valence electrons. The molecule has 17 heteroatoms. The molecular weight excluding hydrogens is 732 g/mol. The Bertz CT molecular complexity index is 528. The third-order valence-electron chi connectivity index (χ3n) is 6.34. The molecule has 0 atom stereocenters. The van der Waals surface area contributed by atoms with E-state index in [1.807, 2.05) is 0 Å². The lowest BCUT2D eigenvalue weighted by atomic mass is 10.4. The Hall–Kier alpha value is 1.57. The molecular formula is C24H60IO12P3S. The van der Waals surface area contributed by atoms with Crippen LogP contribution in [0.25, 0.3) is 0 Å². The van der Waals surface area contributed by atoms with Gasteiger partial charge in [0.05, 0.1) is 24.6 Å². The second kappa shape index (κ2) is 32.9. The first-order valence-corrected chi connectivity index (χ1v) is 22.7. The minimum Gasteiger partial charge on any atom is -1.00 e. The van der Waals surface area contributed by atoms with Crippen molar-refractivity contribution in [1.82, 2.24) is 0 Å². The van der Waals surface area contributed by atoms with E-state index in [1.165, 1.54) is 51.4 Å². The Labute approximate surface area is 268 Å². The minimum atomic E-state index is -5.17. The molecule has 0 saturated carbocycles. The van der Waals surface area contributed by atoms with Crippen molar-refractivity contribution in [3.63, 3.8) is 0 Å². The van der Waals surface area contributed by atoms with Gasteiger partial charge in [-0.1, -0.05) is 53.4 Å². The van der Waals surface area contributed by atoms with Crippen molar-refractivity contribution in [1.29, 1.82) is 0 Å². The van der Waals surface area contributed by atoms with Gasteiger partial charge in [-0.3, -0.25) is 8.42 Å². The zero-order valence-corrected chi connectivity index (χ0v) is 31.1. The van der Waals surface area contributed by atoms with E-state index >= 15 is 0 Å². The molecule has 0 aliphatic heterocycles. The average Bonchev–Trinajstić information content (AvgIpc) is 2.95. The van der Waals surface area contributed by atoms with Gasteiger partial charge in [0.2, 0.25) is 0 Å². The van der Waals surface area contributed by atoms with E-state index in [1.54, 1.807) is 24.6 Å². The fourth-order valence-electron chi connectivity index (χ4n) is 3.18. The van der Waals surface area contributed by atoms with Crippen LogP contribution in [0.15, 0.2) is 0 Å². The largest absolute Gasteiger partial charge is 1.00 e. The second-order valence-corrected chi connectivity index (χ2v) is 22.8. The molecule has 12 nitrogen and oxygen atoms in total. The van der Waals surface area contributed by atoms with Gasteiger partial charge in [0.1, 0.15) is 14.5 Å². The van der Waals surface area contributed by atoms with Gasteiger partial charge in [0, 0.05) is 17.7 Å². The van der Waals surface area contributed by atoms with E-state index in [0.29, 0.717) is 0 Å². The fourth-order valence-corrected chi connectivity index (χ4v) is 9.54. The van der Waals surface area contributed by atoms with Gasteiger partial charge in [-0.15, -0.1) is 0 Å². The van der Waals surface area contributed by atoms with Crippen molar-refractivity contribution >= 4 is 32.2 Å². The van der Waals surface area contributed by atoms with E-state index in [0.717, 1.165) is 0 Å². The summed E-state index contributed by atoms with van der Waals surface area (Å²) in [4.78, 5) is 0. The normalized spacial score (nSPS) is 11.7. The monoisotopic (exact) mass is 792 g/mol. The maximum absolute atomic E-state index is 8.55. The van der Waals surface area contributed by atoms with Gasteiger partial charge in [-0.25, -0.2) is 0 Å². The Morgan fingerprint density at radius 3 is 0.659 bits per heavy atom. The lowest BCUT2D eigenvalue weighted by Gasteiger charge is -2.28. The molecule has 0 aromatic rings. The van der Waals surface area contributed by atoms with Crippen LogP contribution in [0.4, 0.5) is 0 Å². The predicted octanol–water partition coefficient (Wildman–Crippen LogP) is -0.523. The van der Waals surface area contributed by atoms with Crippen LogP contribution in [-0.4, -0.2) is 134 Å². The van der Waals surface area contributed by atoms with Gasteiger partial charge >= 0.3 is 0 Å². The Morgan fingerprint density at radius 2 is 0.585 bits per heavy atom. The number of rotatable bonds is 20. The summed E-state index contributed by atoms with van der Waals surface area (Å²) in [5.74, 6) is 0. The summed E-state index contributed by atoms with van der Waals surface area (Å²) in [6.45, 7) is 9.42. The summed E-state index contributed by atoms with van der Waals surface area (Å²) in [7, 11) is -10.1. The molecule has 0 amide bonds. The highest BCUT2D eigenvalue weighted by atomic mass is 127. The second-order valence-electron chi connectivity index (χ2n) is 9.87. The number of aliphatic hydroxyl groups excluding tert-OH is 8. The fraction of sp³-hybridized carbons (Fsp3) is 1.00. The topological polar surface area (TPSA) is 242 Å². The number of hydrogen-bond acceptors (Lipinski definition) is 12. The van der Waals surface area contributed by atoms with Crippen LogP contribution >= 0.6 is 21.8 Å². The van der Waals surface area contributed by atoms with E-state index in [2.05, 4.69) is 27.7 Å². The first-order valence-electron chi connectivity index (χ1n) is 13.8. The van der Waals surface area contributed by atoms with E-state index < -0.39 is 32.2 Å². The maximum Gasteiger partial charge on any atom is 0.161 e. The van der Waals surface area contributed by atoms with Gasteiger partial charge in [-0.05, 0) is 25.7 Å². The van der Waals surface area contributed by atoms with Crippen LogP contribution < -0.4 is 24.0 Å². The zero-order valence-electron chi connectivity index (χ0n) is 25.5. The number of aliphatic hydroxyl groups is 8. The predicted molar refractivity (Wildman–Crippen MR) is 167 cm³/mol. The molecule has 41 heavy (non-hydrogen) atoms. The molecule has 0 fully saturated rings. The van der Waals surface area contributed by atoms with Gasteiger partial charge in [0.15, 0.2) is 50.8 Å². The summed E-state index contributed by atoms with van der Waals surface area (Å²) in [5.41, 5.74) is 0. The van der Waals surface area contributed by atoms with Crippen LogP contribution in [-0.2, 0) is 10.4 Å². The molecule has 0 spiro atoms. The highest BCUT2D eigenvalue weighted by Crippen LogP contribution is 2.61. The van der Waals surface area contributed by atoms with Crippen molar-refractivity contribution < 1.29 is 82.4 Å². The summed E-state index contributed by atoms with van der Waals surface area (Å²) in [6.07, 6.45) is 15.6. The van der Waals surface area contributed by atoms with E-state index in [4.69, 9.17) is 58.4 Å². The summed E-state index contributed by atoms with van der Waals surface area (Å²) in [6, 6.07) is 0. The minimum absolute atomic E-state index is 0. The van der Waals surface area contributed by atoms with Crippen LogP contribution in [0, 0.1) is 0 Å². The first kappa shape index (κ1) is 52.1. The SMILES string of the molecule is CCCC[P+](CCCC)(CCCC)CCCC.O=S(=O)([O-])[O-].OC[P+](CO)(CO)CO.OC[P+](CO)(CO)CO.[I-]. The van der Waals surface area contributed by atoms with Crippen molar-refractivity contribution in [2.45, 2.75) is 79.1 Å². The molecule has 8 N–H and O–H groups in total. The standard InChI is InChI=1S/C16H36P.2C4H12O4P.HI.H2O4S/c1-5-9-13-17(14-10-6-2,15-11-7-3)16-12-8-4;2*5-1-9(2-6,3-7)4-8;;1-5(2,3)4/h5-16H2,1-4H3;2*5-8H,1-4H2;1H;(H2,1,2,3,4)/q3*+1;;/p-3. The van der Waals surface area contributed by atoms with Crippen molar-refractivity contribution in [3.05, 3.63) is 0 Å². The Balaban J connectivity index is -0.000000153. The van der Waals surface area contributed by atoms with Gasteiger partial charge in [0.25, 0.3) is 0 Å². The molecule has 0 heterocycles. The highest BCUT2D eigenvalue weighted by Gasteiger charge is 2.36. The van der Waals surface area contributed by atoms with Gasteiger partial charge < -0.3 is 73.9 Å². The van der Waals surface area contributed by atoms with E-state index in [-0.39, 0.29) is 74.8 Å². The molecule has 0 aliphatic rings. The zero-order chi connectivity index (χ0) is 32.1. The van der Waals surface area contributed by atoms with Crippen molar-refractivity contribution in [3.8, 4) is 0 Å². The lowest BCUT2D eigenvalue weighted by molar-refractivity contribution is -0.0000230. The van der Waals surface area contributed by atoms with Crippen LogP contribution in [0.2, 0.25) is 0 Å². The molecule has 0 bridgehead atoms. The van der Waals surface area contributed by atoms with Crippen LogP contribution in [0.3, 0.4) is 0 Å². The first-order chi connectivity index (χ1) is 18.7. The number of unbranched alkanes of at least 4 members (excludes halogenated alkanes) is 4. The smallest absolute Gasteiger partial charge is 0.161 e. The highest BCUT2D eigenvalue weighted by molar-refractivity contribution is 7.79. The number of hydrogen-bond donors (Lipinski definition) is 8. The molecule has 0 radical (unpaired) electrons. The quantitative estimate of drug-likeness (QED) is 0.0336. The Kier molecular flexibility index (Phi) is 41.9.